The molecule has 0 saturated carbocycles. The summed E-state index contributed by atoms with van der Waals surface area (Å²) in [4.78, 5) is 28.3. The van der Waals surface area contributed by atoms with E-state index in [1.165, 1.54) is 11.8 Å². The van der Waals surface area contributed by atoms with E-state index in [1.807, 2.05) is 37.3 Å². The summed E-state index contributed by atoms with van der Waals surface area (Å²) in [6.45, 7) is 2.34. The average Bonchev–Trinajstić information content (AvgIpc) is 3.18. The fraction of sp³-hybridized carbons (Fsp3) is 0.235. The minimum atomic E-state index is -0.467. The van der Waals surface area contributed by atoms with Gasteiger partial charge in [-0.05, 0) is 31.2 Å². The Bertz CT molecular complexity index is 754. The lowest BCUT2D eigenvalue weighted by atomic mass is 10.2. The van der Waals surface area contributed by atoms with Gasteiger partial charge in [-0.3, -0.25) is 14.6 Å². The molecule has 24 heavy (non-hydrogen) atoms. The zero-order chi connectivity index (χ0) is 16.9. The van der Waals surface area contributed by atoms with Gasteiger partial charge in [0.25, 0.3) is 0 Å². The van der Waals surface area contributed by atoms with Crippen LogP contribution in [0.3, 0.4) is 0 Å². The van der Waals surface area contributed by atoms with Crippen LogP contribution < -0.4 is 10.6 Å². The Morgan fingerprint density at radius 3 is 2.83 bits per heavy atom. The maximum atomic E-state index is 12.1. The van der Waals surface area contributed by atoms with Crippen LogP contribution in [0, 0.1) is 6.92 Å². The molecule has 0 bridgehead atoms. The lowest BCUT2D eigenvalue weighted by Crippen LogP contribution is -2.28. The SMILES string of the molecule is Cc1ccc(NC(=O)CC2SC(=NCc3ccco3)NC2=O)cc1. The highest BCUT2D eigenvalue weighted by Crippen LogP contribution is 2.23. The highest BCUT2D eigenvalue weighted by atomic mass is 32.2. The van der Waals surface area contributed by atoms with Crippen molar-refractivity contribution in [3.8, 4) is 0 Å². The van der Waals surface area contributed by atoms with Crippen LogP contribution >= 0.6 is 11.8 Å². The number of carbonyl (C=O) groups excluding carboxylic acids is 2. The molecule has 1 aromatic heterocycles. The second-order valence-electron chi connectivity index (χ2n) is 5.41. The fourth-order valence-corrected chi connectivity index (χ4v) is 3.15. The molecule has 1 unspecified atom stereocenters. The fourth-order valence-electron chi connectivity index (χ4n) is 2.18. The van der Waals surface area contributed by atoms with E-state index in [0.29, 0.717) is 11.7 Å². The number of anilines is 1. The normalized spacial score (nSPS) is 18.6. The minimum absolute atomic E-state index is 0.101. The Morgan fingerprint density at radius 1 is 1.33 bits per heavy atom. The predicted octanol–water partition coefficient (Wildman–Crippen LogP) is 2.70. The molecule has 1 saturated heterocycles. The van der Waals surface area contributed by atoms with Gasteiger partial charge >= 0.3 is 0 Å². The number of furan rings is 1. The molecular formula is C17H17N3O3S. The van der Waals surface area contributed by atoms with Crippen LogP contribution in [0.15, 0.2) is 52.1 Å². The van der Waals surface area contributed by atoms with E-state index in [4.69, 9.17) is 4.42 Å². The molecule has 1 aliphatic rings. The Labute approximate surface area is 143 Å². The van der Waals surface area contributed by atoms with E-state index in [1.54, 1.807) is 12.3 Å². The molecule has 2 heterocycles. The van der Waals surface area contributed by atoms with Gasteiger partial charge in [0.2, 0.25) is 11.8 Å². The smallest absolute Gasteiger partial charge is 0.240 e. The summed E-state index contributed by atoms with van der Waals surface area (Å²) in [7, 11) is 0. The summed E-state index contributed by atoms with van der Waals surface area (Å²) in [6.07, 6.45) is 1.68. The molecule has 7 heteroatoms. The van der Waals surface area contributed by atoms with Gasteiger partial charge in [0.15, 0.2) is 5.17 Å². The molecule has 6 nitrogen and oxygen atoms in total. The number of amides is 2. The van der Waals surface area contributed by atoms with E-state index in [-0.39, 0.29) is 18.2 Å². The summed E-state index contributed by atoms with van der Waals surface area (Å²) in [5.74, 6) is 0.328. The second kappa shape index (κ2) is 7.35. The minimum Gasteiger partial charge on any atom is -0.467 e. The van der Waals surface area contributed by atoms with Crippen LogP contribution in [-0.4, -0.2) is 22.2 Å². The van der Waals surface area contributed by atoms with Crippen molar-refractivity contribution in [3.63, 3.8) is 0 Å². The summed E-state index contributed by atoms with van der Waals surface area (Å²) in [5, 5.41) is 5.55. The summed E-state index contributed by atoms with van der Waals surface area (Å²) in [5.41, 5.74) is 1.84. The average molecular weight is 343 g/mol. The largest absolute Gasteiger partial charge is 0.467 e. The lowest BCUT2D eigenvalue weighted by molar-refractivity contribution is -0.122. The van der Waals surface area contributed by atoms with Gasteiger partial charge in [-0.2, -0.15) is 0 Å². The number of nitrogens with one attached hydrogen (secondary N) is 2. The Kier molecular flexibility index (Phi) is 5.00. The highest BCUT2D eigenvalue weighted by Gasteiger charge is 2.32. The molecule has 124 valence electrons. The third-order valence-electron chi connectivity index (χ3n) is 3.44. The van der Waals surface area contributed by atoms with Crippen LogP contribution in [0.4, 0.5) is 5.69 Å². The van der Waals surface area contributed by atoms with Crippen molar-refractivity contribution in [3.05, 3.63) is 54.0 Å². The van der Waals surface area contributed by atoms with Crippen molar-refractivity contribution in [1.82, 2.24) is 5.32 Å². The Balaban J connectivity index is 1.53. The van der Waals surface area contributed by atoms with Crippen LogP contribution in [0.5, 0.6) is 0 Å². The molecule has 1 fully saturated rings. The molecule has 0 radical (unpaired) electrons. The highest BCUT2D eigenvalue weighted by molar-refractivity contribution is 8.15. The van der Waals surface area contributed by atoms with Gasteiger partial charge in [-0.1, -0.05) is 29.5 Å². The zero-order valence-corrected chi connectivity index (χ0v) is 13.9. The van der Waals surface area contributed by atoms with Crippen molar-refractivity contribution in [2.75, 3.05) is 5.32 Å². The van der Waals surface area contributed by atoms with Crippen LogP contribution in [0.25, 0.3) is 0 Å². The van der Waals surface area contributed by atoms with Crippen molar-refractivity contribution < 1.29 is 14.0 Å². The molecular weight excluding hydrogens is 326 g/mol. The maximum Gasteiger partial charge on any atom is 0.240 e. The van der Waals surface area contributed by atoms with Crippen molar-refractivity contribution in [2.24, 2.45) is 4.99 Å². The summed E-state index contributed by atoms with van der Waals surface area (Å²) in [6, 6.07) is 11.1. The van der Waals surface area contributed by atoms with Gasteiger partial charge < -0.3 is 15.1 Å². The molecule has 1 aromatic carbocycles. The lowest BCUT2D eigenvalue weighted by Gasteiger charge is -2.07. The van der Waals surface area contributed by atoms with Gasteiger partial charge in [0.1, 0.15) is 11.0 Å². The van der Waals surface area contributed by atoms with Gasteiger partial charge in [-0.15, -0.1) is 0 Å². The molecule has 2 amide bonds. The summed E-state index contributed by atoms with van der Waals surface area (Å²) < 4.78 is 5.19. The first-order chi connectivity index (χ1) is 11.6. The number of rotatable bonds is 5. The quantitative estimate of drug-likeness (QED) is 0.874. The van der Waals surface area contributed by atoms with Crippen molar-refractivity contribution >= 4 is 34.4 Å². The zero-order valence-electron chi connectivity index (χ0n) is 13.1. The standard InChI is InChI=1S/C17H17N3O3S/c1-11-4-6-12(7-5-11)19-15(21)9-14-16(22)20-17(24-14)18-10-13-3-2-8-23-13/h2-8,14H,9-10H2,1H3,(H,19,21)(H,18,20,22). The number of thioether (sulfide) groups is 1. The third-order valence-corrected chi connectivity index (χ3v) is 4.56. The molecule has 1 atom stereocenters. The topological polar surface area (TPSA) is 83.7 Å². The van der Waals surface area contributed by atoms with Crippen molar-refractivity contribution in [2.45, 2.75) is 25.1 Å². The monoisotopic (exact) mass is 343 g/mol. The Morgan fingerprint density at radius 2 is 2.12 bits per heavy atom. The summed E-state index contributed by atoms with van der Waals surface area (Å²) >= 11 is 1.27. The number of nitrogens with zero attached hydrogens (tertiary/aromatic N) is 1. The van der Waals surface area contributed by atoms with Crippen LogP contribution in [0.2, 0.25) is 0 Å². The molecule has 1 aliphatic heterocycles. The maximum absolute atomic E-state index is 12.1. The number of hydrogen-bond acceptors (Lipinski definition) is 5. The first-order valence-electron chi connectivity index (χ1n) is 7.51. The van der Waals surface area contributed by atoms with E-state index in [0.717, 1.165) is 17.0 Å². The molecule has 0 spiro atoms. The Hall–Kier alpha value is -2.54. The molecule has 2 aromatic rings. The van der Waals surface area contributed by atoms with Crippen LogP contribution in [0.1, 0.15) is 17.7 Å². The van der Waals surface area contributed by atoms with E-state index >= 15 is 0 Å². The van der Waals surface area contributed by atoms with Gasteiger partial charge in [0, 0.05) is 12.1 Å². The second-order valence-corrected chi connectivity index (χ2v) is 6.61. The molecule has 2 N–H and O–H groups in total. The third kappa shape index (κ3) is 4.26. The number of benzene rings is 1. The molecule has 3 rings (SSSR count). The van der Waals surface area contributed by atoms with E-state index in [2.05, 4.69) is 15.6 Å². The number of aryl methyl sites for hydroxylation is 1. The number of carbonyl (C=O) groups is 2. The van der Waals surface area contributed by atoms with Gasteiger partial charge in [0.05, 0.1) is 12.8 Å². The van der Waals surface area contributed by atoms with E-state index in [9.17, 15) is 9.59 Å². The van der Waals surface area contributed by atoms with Gasteiger partial charge in [-0.25, -0.2) is 0 Å². The predicted molar refractivity (Wildman–Crippen MR) is 93.8 cm³/mol. The number of amidine groups is 1. The van der Waals surface area contributed by atoms with Crippen LogP contribution in [-0.2, 0) is 16.1 Å². The first-order valence-corrected chi connectivity index (χ1v) is 8.39. The van der Waals surface area contributed by atoms with E-state index < -0.39 is 5.25 Å². The first kappa shape index (κ1) is 16.3. The molecule has 0 aliphatic carbocycles. The number of aliphatic imine (C=N–C) groups is 1. The number of hydrogen-bond donors (Lipinski definition) is 2. The van der Waals surface area contributed by atoms with Crippen molar-refractivity contribution in [1.29, 1.82) is 0 Å².